The average molecular weight is 359 g/mol. The van der Waals surface area contributed by atoms with Crippen molar-refractivity contribution in [3.05, 3.63) is 51.4 Å². The summed E-state index contributed by atoms with van der Waals surface area (Å²) in [5.74, 6) is 3.92. The van der Waals surface area contributed by atoms with Crippen molar-refractivity contribution in [1.82, 2.24) is 0 Å². The standard InChI is InChI=1S/C17H16N2O2S.CH5NO/c18-15(21)12-10-6-8-17(14(20)13(10)22-16(12)19)7-5-9-3-1-2-4-11(9)17;1-3-2/h1-4H,5-8,19H2,(H2,18,21);2H2,1H3. The molecule has 2 aromatic rings. The van der Waals surface area contributed by atoms with Crippen molar-refractivity contribution in [3.8, 4) is 0 Å². The van der Waals surface area contributed by atoms with Crippen LogP contribution in [0.25, 0.3) is 0 Å². The molecular formula is C18H21N3O3S. The predicted molar refractivity (Wildman–Crippen MR) is 97.5 cm³/mol. The van der Waals surface area contributed by atoms with Crippen LogP contribution in [-0.2, 0) is 23.1 Å². The van der Waals surface area contributed by atoms with Crippen LogP contribution >= 0.6 is 11.3 Å². The summed E-state index contributed by atoms with van der Waals surface area (Å²) in [4.78, 5) is 29.2. The first-order chi connectivity index (χ1) is 12.0. The number of carbonyl (C=O) groups is 2. The lowest BCUT2D eigenvalue weighted by molar-refractivity contribution is 0.0865. The summed E-state index contributed by atoms with van der Waals surface area (Å²) in [6, 6.07) is 8.18. The number of primary amides is 1. The number of carbonyl (C=O) groups excluding carboxylic acids is 2. The van der Waals surface area contributed by atoms with E-state index in [1.807, 2.05) is 12.1 Å². The zero-order chi connectivity index (χ0) is 18.2. The van der Waals surface area contributed by atoms with Crippen LogP contribution < -0.4 is 17.4 Å². The van der Waals surface area contributed by atoms with Gasteiger partial charge in [-0.15, -0.1) is 11.3 Å². The number of Topliss-reactive ketones (excluding diaryl/α,β-unsaturated/α-hetero) is 1. The molecule has 1 heterocycles. The molecule has 0 fully saturated rings. The number of amides is 1. The fraction of sp³-hybridized carbons (Fsp3) is 0.333. The van der Waals surface area contributed by atoms with Gasteiger partial charge in [-0.2, -0.15) is 0 Å². The minimum absolute atomic E-state index is 0.114. The third kappa shape index (κ3) is 2.64. The average Bonchev–Trinajstić information content (AvgIpc) is 3.11. The lowest BCUT2D eigenvalue weighted by Gasteiger charge is -2.32. The molecule has 4 rings (SSSR count). The van der Waals surface area contributed by atoms with E-state index in [0.29, 0.717) is 21.9 Å². The lowest BCUT2D eigenvalue weighted by Crippen LogP contribution is -2.38. The Morgan fingerprint density at radius 1 is 1.24 bits per heavy atom. The van der Waals surface area contributed by atoms with E-state index in [1.165, 1.54) is 24.0 Å². The third-order valence-electron chi connectivity index (χ3n) is 5.08. The van der Waals surface area contributed by atoms with E-state index < -0.39 is 11.3 Å². The number of hydrogen-bond acceptors (Lipinski definition) is 6. The molecule has 0 saturated heterocycles. The molecule has 1 spiro atoms. The van der Waals surface area contributed by atoms with Crippen molar-refractivity contribution in [1.29, 1.82) is 0 Å². The van der Waals surface area contributed by atoms with E-state index in [2.05, 4.69) is 22.9 Å². The summed E-state index contributed by atoms with van der Waals surface area (Å²) >= 11 is 1.22. The SMILES string of the molecule is CON.NC(=O)c1c(N)sc2c1CCC1(CCc3ccccc31)C2=O. The van der Waals surface area contributed by atoms with Gasteiger partial charge in [0.2, 0.25) is 0 Å². The van der Waals surface area contributed by atoms with Gasteiger partial charge >= 0.3 is 0 Å². The van der Waals surface area contributed by atoms with E-state index in [4.69, 9.17) is 11.5 Å². The highest BCUT2D eigenvalue weighted by molar-refractivity contribution is 7.18. The van der Waals surface area contributed by atoms with Crippen LogP contribution in [0.3, 0.4) is 0 Å². The Kier molecular flexibility index (Phi) is 4.64. The maximum Gasteiger partial charge on any atom is 0.251 e. The number of ketones is 1. The molecular weight excluding hydrogens is 338 g/mol. The van der Waals surface area contributed by atoms with E-state index in [0.717, 1.165) is 30.4 Å². The summed E-state index contributed by atoms with van der Waals surface area (Å²) in [7, 11) is 1.40. The normalized spacial score (nSPS) is 20.6. The fourth-order valence-electron chi connectivity index (χ4n) is 4.03. The first-order valence-electron chi connectivity index (χ1n) is 8.03. The van der Waals surface area contributed by atoms with Gasteiger partial charge in [0.05, 0.1) is 28.0 Å². The second-order valence-corrected chi connectivity index (χ2v) is 7.37. The first-order valence-corrected chi connectivity index (χ1v) is 8.85. The molecule has 1 aromatic carbocycles. The van der Waals surface area contributed by atoms with Gasteiger partial charge in [-0.25, -0.2) is 5.90 Å². The first kappa shape index (κ1) is 17.6. The zero-order valence-corrected chi connectivity index (χ0v) is 14.8. The number of anilines is 1. The molecule has 0 saturated carbocycles. The number of fused-ring (bicyclic) bond motifs is 3. The van der Waals surface area contributed by atoms with Crippen molar-refractivity contribution in [2.45, 2.75) is 31.1 Å². The Morgan fingerprint density at radius 3 is 2.56 bits per heavy atom. The van der Waals surface area contributed by atoms with Crippen LogP contribution in [-0.4, -0.2) is 18.8 Å². The summed E-state index contributed by atoms with van der Waals surface area (Å²) in [5.41, 5.74) is 14.5. The van der Waals surface area contributed by atoms with Crippen molar-refractivity contribution in [3.63, 3.8) is 0 Å². The van der Waals surface area contributed by atoms with Crippen molar-refractivity contribution in [2.75, 3.05) is 12.8 Å². The molecule has 7 heteroatoms. The van der Waals surface area contributed by atoms with Gasteiger partial charge in [-0.3, -0.25) is 9.59 Å². The second kappa shape index (κ2) is 6.59. The maximum atomic E-state index is 13.2. The summed E-state index contributed by atoms with van der Waals surface area (Å²) < 4.78 is 0. The molecule has 1 atom stereocenters. The van der Waals surface area contributed by atoms with Gasteiger partial charge in [0.15, 0.2) is 5.78 Å². The van der Waals surface area contributed by atoms with Gasteiger partial charge in [-0.05, 0) is 42.4 Å². The molecule has 1 unspecified atom stereocenters. The second-order valence-electron chi connectivity index (χ2n) is 6.32. The van der Waals surface area contributed by atoms with Crippen molar-refractivity contribution < 1.29 is 14.4 Å². The molecule has 1 aromatic heterocycles. The number of hydrogen-bond donors (Lipinski definition) is 3. The number of benzene rings is 1. The van der Waals surface area contributed by atoms with Crippen molar-refractivity contribution in [2.24, 2.45) is 11.6 Å². The van der Waals surface area contributed by atoms with Gasteiger partial charge < -0.3 is 16.3 Å². The topological polar surface area (TPSA) is 121 Å². The number of nitrogens with two attached hydrogens (primary N) is 3. The predicted octanol–water partition coefficient (Wildman–Crippen LogP) is 1.95. The Morgan fingerprint density at radius 2 is 1.88 bits per heavy atom. The minimum atomic E-state index is -0.537. The highest BCUT2D eigenvalue weighted by Crippen LogP contribution is 2.50. The highest BCUT2D eigenvalue weighted by Gasteiger charge is 2.49. The molecule has 25 heavy (non-hydrogen) atoms. The van der Waals surface area contributed by atoms with Gasteiger partial charge in [0, 0.05) is 0 Å². The van der Waals surface area contributed by atoms with E-state index in [-0.39, 0.29) is 5.78 Å². The van der Waals surface area contributed by atoms with Crippen LogP contribution in [0.1, 0.15) is 49.6 Å². The summed E-state index contributed by atoms with van der Waals surface area (Å²) in [6.45, 7) is 0. The quantitative estimate of drug-likeness (QED) is 0.672. The Labute approximate surface area is 149 Å². The minimum Gasteiger partial charge on any atom is -0.390 e. The Hall–Kier alpha value is -2.22. The summed E-state index contributed by atoms with van der Waals surface area (Å²) in [6.07, 6.45) is 3.18. The Bertz CT molecular complexity index is 846. The van der Waals surface area contributed by atoms with Crippen LogP contribution in [0.5, 0.6) is 0 Å². The van der Waals surface area contributed by atoms with Gasteiger partial charge in [-0.1, -0.05) is 24.3 Å². The van der Waals surface area contributed by atoms with Gasteiger partial charge in [0.25, 0.3) is 5.91 Å². The zero-order valence-electron chi connectivity index (χ0n) is 14.0. The van der Waals surface area contributed by atoms with Crippen molar-refractivity contribution >= 4 is 28.0 Å². The number of rotatable bonds is 1. The van der Waals surface area contributed by atoms with Crippen LogP contribution in [0.4, 0.5) is 5.00 Å². The third-order valence-corrected chi connectivity index (χ3v) is 6.14. The largest absolute Gasteiger partial charge is 0.390 e. The number of thiophene rings is 1. The van der Waals surface area contributed by atoms with Crippen LogP contribution in [0, 0.1) is 0 Å². The molecule has 6 N–H and O–H groups in total. The Balaban J connectivity index is 0.000000569. The van der Waals surface area contributed by atoms with Gasteiger partial charge in [0.1, 0.15) is 0 Å². The smallest absolute Gasteiger partial charge is 0.251 e. The maximum absolute atomic E-state index is 13.2. The molecule has 1 amide bonds. The molecule has 2 aliphatic rings. The van der Waals surface area contributed by atoms with Crippen LogP contribution in [0.2, 0.25) is 0 Å². The lowest BCUT2D eigenvalue weighted by atomic mass is 9.69. The van der Waals surface area contributed by atoms with E-state index >= 15 is 0 Å². The number of aryl methyl sites for hydroxylation is 1. The monoisotopic (exact) mass is 359 g/mol. The molecule has 132 valence electrons. The molecule has 6 nitrogen and oxygen atoms in total. The molecule has 0 radical (unpaired) electrons. The van der Waals surface area contributed by atoms with E-state index in [1.54, 1.807) is 0 Å². The molecule has 2 aliphatic carbocycles. The summed E-state index contributed by atoms with van der Waals surface area (Å²) in [5, 5.41) is 0.370. The highest BCUT2D eigenvalue weighted by atomic mass is 32.1. The van der Waals surface area contributed by atoms with E-state index in [9.17, 15) is 9.59 Å². The number of nitrogen functional groups attached to an aromatic ring is 1. The fourth-order valence-corrected chi connectivity index (χ4v) is 5.19. The van der Waals surface area contributed by atoms with Crippen LogP contribution in [0.15, 0.2) is 24.3 Å². The molecule has 0 aliphatic heterocycles. The molecule has 0 bridgehead atoms.